The van der Waals surface area contributed by atoms with Crippen molar-refractivity contribution in [3.05, 3.63) is 0 Å². The van der Waals surface area contributed by atoms with Gasteiger partial charge in [-0.25, -0.2) is 0 Å². The number of rotatable bonds is 12. The molecule has 0 aromatic carbocycles. The molecule has 12 heteroatoms. The molecule has 41 heavy (non-hydrogen) atoms. The number of esters is 4. The fraction of sp³-hybridized carbons (Fsp3) is 0.862. The van der Waals surface area contributed by atoms with E-state index in [0.29, 0.717) is 6.42 Å². The second kappa shape index (κ2) is 12.9. The first kappa shape index (κ1) is 34.9. The van der Waals surface area contributed by atoms with E-state index in [1.807, 2.05) is 6.92 Å². The van der Waals surface area contributed by atoms with Crippen LogP contribution in [-0.4, -0.2) is 88.3 Å². The topological polar surface area (TPSA) is 142 Å². The fourth-order valence-electron chi connectivity index (χ4n) is 3.48. The number of carbonyl (C=O) groups is 4. The highest BCUT2D eigenvalue weighted by Crippen LogP contribution is 2.33. The van der Waals surface area contributed by atoms with Crippen LogP contribution in [0, 0.1) is 21.7 Å². The highest BCUT2D eigenvalue weighted by Gasteiger charge is 2.48. The predicted octanol–water partition coefficient (Wildman–Crippen LogP) is 3.18. The summed E-state index contributed by atoms with van der Waals surface area (Å²) in [5.41, 5.74) is -4.45. The van der Waals surface area contributed by atoms with Crippen molar-refractivity contribution in [3.63, 3.8) is 0 Å². The third-order valence-corrected chi connectivity index (χ3v) is 7.46. The lowest BCUT2D eigenvalue weighted by molar-refractivity contribution is -0.282. The smallest absolute Gasteiger partial charge is 0.318 e. The molecule has 2 aliphatic heterocycles. The quantitative estimate of drug-likeness (QED) is 0.188. The van der Waals surface area contributed by atoms with Crippen LogP contribution in [0.4, 0.5) is 0 Å². The van der Waals surface area contributed by atoms with Crippen molar-refractivity contribution in [2.45, 2.75) is 87.2 Å². The molecule has 0 aromatic heterocycles. The van der Waals surface area contributed by atoms with Gasteiger partial charge in [-0.05, 0) is 68.7 Å². The maximum Gasteiger partial charge on any atom is 0.318 e. The summed E-state index contributed by atoms with van der Waals surface area (Å²) in [5.74, 6) is -4.16. The Morgan fingerprint density at radius 2 is 0.951 bits per heavy atom. The molecule has 2 aliphatic rings. The van der Waals surface area contributed by atoms with Crippen molar-refractivity contribution in [2.24, 2.45) is 21.7 Å². The summed E-state index contributed by atoms with van der Waals surface area (Å²) in [6.07, 6.45) is 0.583. The molecule has 2 rings (SSSR count). The molecule has 0 saturated carbocycles. The minimum Gasteiger partial charge on any atom is -0.464 e. The van der Waals surface area contributed by atoms with Gasteiger partial charge < -0.3 is 37.9 Å². The molecule has 2 heterocycles. The maximum atomic E-state index is 13.2. The molecule has 0 aromatic rings. The van der Waals surface area contributed by atoms with Crippen molar-refractivity contribution < 1.29 is 57.1 Å². The molecule has 0 unspecified atom stereocenters. The number of hydrogen-bond donors (Lipinski definition) is 0. The summed E-state index contributed by atoms with van der Waals surface area (Å²) >= 11 is 0. The Hall–Kier alpha value is -2.28. The lowest BCUT2D eigenvalue weighted by Gasteiger charge is -2.40. The first-order chi connectivity index (χ1) is 18.7. The van der Waals surface area contributed by atoms with Crippen molar-refractivity contribution >= 4 is 23.9 Å². The van der Waals surface area contributed by atoms with Gasteiger partial charge in [0, 0.05) is 0 Å². The molecular weight excluding hydrogens is 540 g/mol. The van der Waals surface area contributed by atoms with Gasteiger partial charge in [0.05, 0.1) is 31.8 Å². The zero-order chi connectivity index (χ0) is 31.3. The summed E-state index contributed by atoms with van der Waals surface area (Å²) < 4.78 is 44.2. The molecule has 0 amide bonds. The van der Waals surface area contributed by atoms with Gasteiger partial charge in [0.25, 0.3) is 0 Å². The summed E-state index contributed by atoms with van der Waals surface area (Å²) in [6.45, 7) is 16.0. The monoisotopic (exact) mass is 588 g/mol. The first-order valence-electron chi connectivity index (χ1n) is 13.9. The van der Waals surface area contributed by atoms with E-state index >= 15 is 0 Å². The molecule has 12 nitrogen and oxygen atoms in total. The maximum absolute atomic E-state index is 13.2. The molecule has 0 atom stereocenters. The van der Waals surface area contributed by atoms with Gasteiger partial charge >= 0.3 is 23.9 Å². The van der Waals surface area contributed by atoms with Gasteiger partial charge in [-0.1, -0.05) is 6.92 Å². The Labute approximate surface area is 243 Å². The van der Waals surface area contributed by atoms with Crippen LogP contribution in [0.15, 0.2) is 0 Å². The molecule has 2 saturated heterocycles. The summed E-state index contributed by atoms with van der Waals surface area (Å²) in [7, 11) is 0. The Kier molecular flexibility index (Phi) is 11.0. The van der Waals surface area contributed by atoms with Crippen LogP contribution in [-0.2, 0) is 57.1 Å². The van der Waals surface area contributed by atoms with E-state index in [1.165, 1.54) is 6.92 Å². The second-order valence-electron chi connectivity index (χ2n) is 13.3. The molecule has 0 N–H and O–H groups in total. The van der Waals surface area contributed by atoms with Gasteiger partial charge in [0.15, 0.2) is 11.6 Å². The highest BCUT2D eigenvalue weighted by molar-refractivity contribution is 5.81. The standard InChI is InChI=1S/C29H48O12/c1-11-24(2,3)20(30)34-12-13-35-21(31)27(8,14-36-22(32)28(9)16-38-25(4,5)39-17-28)15-37-23(33)29(10)18-40-26(6,7)41-19-29/h11-19H2,1-10H3. The third kappa shape index (κ3) is 9.36. The van der Waals surface area contributed by atoms with E-state index < -0.39 is 70.3 Å². The van der Waals surface area contributed by atoms with Crippen molar-refractivity contribution in [1.82, 2.24) is 0 Å². The fourth-order valence-corrected chi connectivity index (χ4v) is 3.48. The summed E-state index contributed by atoms with van der Waals surface area (Å²) in [4.78, 5) is 51.5. The lowest BCUT2D eigenvalue weighted by atomic mass is 9.89. The van der Waals surface area contributed by atoms with E-state index in [1.54, 1.807) is 55.4 Å². The van der Waals surface area contributed by atoms with E-state index in [4.69, 9.17) is 37.9 Å². The molecule has 0 spiro atoms. The lowest BCUT2D eigenvalue weighted by Crippen LogP contribution is -2.51. The highest BCUT2D eigenvalue weighted by atomic mass is 16.7. The van der Waals surface area contributed by atoms with Crippen LogP contribution in [0.25, 0.3) is 0 Å². The van der Waals surface area contributed by atoms with Gasteiger partial charge in [-0.15, -0.1) is 0 Å². The third-order valence-electron chi connectivity index (χ3n) is 7.46. The number of hydrogen-bond acceptors (Lipinski definition) is 12. The van der Waals surface area contributed by atoms with Gasteiger partial charge in [-0.3, -0.25) is 19.2 Å². The van der Waals surface area contributed by atoms with Crippen LogP contribution < -0.4 is 0 Å². The van der Waals surface area contributed by atoms with Crippen LogP contribution >= 0.6 is 0 Å². The minimum atomic E-state index is -1.57. The van der Waals surface area contributed by atoms with E-state index in [-0.39, 0.29) is 39.6 Å². The van der Waals surface area contributed by atoms with Crippen molar-refractivity contribution in [2.75, 3.05) is 52.9 Å². The minimum absolute atomic E-state index is 0.0587. The molecule has 236 valence electrons. The number of ether oxygens (including phenoxy) is 8. The second-order valence-corrected chi connectivity index (χ2v) is 13.3. The van der Waals surface area contributed by atoms with Crippen LogP contribution in [0.3, 0.4) is 0 Å². The number of carbonyl (C=O) groups excluding carboxylic acids is 4. The van der Waals surface area contributed by atoms with Gasteiger partial charge in [-0.2, -0.15) is 0 Å². The zero-order valence-corrected chi connectivity index (χ0v) is 26.3. The Morgan fingerprint density at radius 1 is 0.610 bits per heavy atom. The average Bonchev–Trinajstić information content (AvgIpc) is 2.91. The van der Waals surface area contributed by atoms with E-state index in [2.05, 4.69) is 0 Å². The largest absolute Gasteiger partial charge is 0.464 e. The van der Waals surface area contributed by atoms with Crippen molar-refractivity contribution in [3.8, 4) is 0 Å². The van der Waals surface area contributed by atoms with Crippen molar-refractivity contribution in [1.29, 1.82) is 0 Å². The Bertz CT molecular complexity index is 897. The van der Waals surface area contributed by atoms with Crippen LogP contribution in [0.5, 0.6) is 0 Å². The predicted molar refractivity (Wildman–Crippen MR) is 144 cm³/mol. The van der Waals surface area contributed by atoms with Crippen LogP contribution in [0.1, 0.15) is 75.7 Å². The van der Waals surface area contributed by atoms with Crippen LogP contribution in [0.2, 0.25) is 0 Å². The molecular formula is C29H48O12. The molecule has 0 bridgehead atoms. The summed E-state index contributed by atoms with van der Waals surface area (Å²) in [5, 5.41) is 0. The zero-order valence-electron chi connectivity index (χ0n) is 26.3. The normalized spacial score (nSPS) is 21.3. The van der Waals surface area contributed by atoms with Gasteiger partial charge in [0.1, 0.15) is 42.7 Å². The van der Waals surface area contributed by atoms with E-state index in [0.717, 1.165) is 0 Å². The molecule has 0 aliphatic carbocycles. The SMILES string of the molecule is CCC(C)(C)C(=O)OCCOC(=O)C(C)(COC(=O)C1(C)COC(C)(C)OC1)COC(=O)C1(C)COC(C)(C)OC1. The summed E-state index contributed by atoms with van der Waals surface area (Å²) in [6, 6.07) is 0. The van der Waals surface area contributed by atoms with E-state index in [9.17, 15) is 19.2 Å². The Balaban J connectivity index is 2.07. The Morgan fingerprint density at radius 3 is 1.29 bits per heavy atom. The molecule has 2 fully saturated rings. The first-order valence-corrected chi connectivity index (χ1v) is 13.9. The van der Waals surface area contributed by atoms with Gasteiger partial charge in [0.2, 0.25) is 0 Å². The average molecular weight is 589 g/mol. The molecule has 0 radical (unpaired) electrons.